The predicted molar refractivity (Wildman–Crippen MR) is 92.7 cm³/mol. The SMILES string of the molecule is CCCC1CCC(N2CC(CC(C)C)NCC2CC)CC1. The van der Waals surface area contributed by atoms with Crippen LogP contribution >= 0.6 is 0 Å². The number of hydrogen-bond acceptors (Lipinski definition) is 2. The normalized spacial score (nSPS) is 35.3. The van der Waals surface area contributed by atoms with Crippen LogP contribution in [-0.4, -0.2) is 36.1 Å². The van der Waals surface area contributed by atoms with E-state index >= 15 is 0 Å². The van der Waals surface area contributed by atoms with Crippen LogP contribution in [0.25, 0.3) is 0 Å². The molecular weight excluding hydrogens is 256 g/mol. The summed E-state index contributed by atoms with van der Waals surface area (Å²) in [5.41, 5.74) is 0. The van der Waals surface area contributed by atoms with Crippen LogP contribution in [0.3, 0.4) is 0 Å². The maximum absolute atomic E-state index is 3.81. The van der Waals surface area contributed by atoms with Crippen LogP contribution in [0.2, 0.25) is 0 Å². The predicted octanol–water partition coefficient (Wildman–Crippen LogP) is 4.44. The van der Waals surface area contributed by atoms with E-state index in [0.717, 1.165) is 30.0 Å². The molecule has 2 nitrogen and oxygen atoms in total. The standard InChI is InChI=1S/C19H38N2/c1-5-7-16-8-10-19(11-9-16)21-14-17(12-15(3)4)20-13-18(21)6-2/h15-20H,5-14H2,1-4H3. The minimum Gasteiger partial charge on any atom is -0.311 e. The van der Waals surface area contributed by atoms with E-state index in [9.17, 15) is 0 Å². The second-order valence-electron chi connectivity index (χ2n) is 7.96. The van der Waals surface area contributed by atoms with Crippen LogP contribution in [-0.2, 0) is 0 Å². The summed E-state index contributed by atoms with van der Waals surface area (Å²) in [5.74, 6) is 1.84. The third-order valence-electron chi connectivity index (χ3n) is 5.75. The third-order valence-corrected chi connectivity index (χ3v) is 5.75. The van der Waals surface area contributed by atoms with Crippen LogP contribution in [0, 0.1) is 11.8 Å². The molecular formula is C19H38N2. The van der Waals surface area contributed by atoms with Gasteiger partial charge in [-0.15, -0.1) is 0 Å². The van der Waals surface area contributed by atoms with Gasteiger partial charge in [-0.2, -0.15) is 0 Å². The molecule has 2 aliphatic rings. The molecule has 0 aromatic heterocycles. The number of nitrogens with zero attached hydrogens (tertiary/aromatic N) is 1. The minimum absolute atomic E-state index is 0.723. The summed E-state index contributed by atoms with van der Waals surface area (Å²) in [7, 11) is 0. The zero-order valence-corrected chi connectivity index (χ0v) is 14.9. The molecule has 0 amide bonds. The van der Waals surface area contributed by atoms with E-state index in [4.69, 9.17) is 0 Å². The number of rotatable bonds is 6. The van der Waals surface area contributed by atoms with Gasteiger partial charge in [0, 0.05) is 31.2 Å². The first-order valence-electron chi connectivity index (χ1n) is 9.63. The van der Waals surface area contributed by atoms with Crippen molar-refractivity contribution < 1.29 is 0 Å². The Morgan fingerprint density at radius 3 is 2.38 bits per heavy atom. The van der Waals surface area contributed by atoms with Crippen LogP contribution in [0.1, 0.15) is 79.1 Å². The van der Waals surface area contributed by atoms with Gasteiger partial charge in [-0.3, -0.25) is 4.90 Å². The van der Waals surface area contributed by atoms with Gasteiger partial charge in [-0.1, -0.05) is 40.5 Å². The molecule has 0 radical (unpaired) electrons. The van der Waals surface area contributed by atoms with Crippen LogP contribution < -0.4 is 5.32 Å². The van der Waals surface area contributed by atoms with E-state index in [1.165, 1.54) is 64.5 Å². The van der Waals surface area contributed by atoms with Gasteiger partial charge in [-0.25, -0.2) is 0 Å². The Balaban J connectivity index is 1.88. The zero-order valence-electron chi connectivity index (χ0n) is 14.9. The molecule has 2 rings (SSSR count). The molecule has 0 aromatic rings. The number of piperazine rings is 1. The van der Waals surface area contributed by atoms with Gasteiger partial charge < -0.3 is 5.32 Å². The fourth-order valence-corrected chi connectivity index (χ4v) is 4.61. The highest BCUT2D eigenvalue weighted by molar-refractivity contribution is 4.91. The molecule has 1 saturated heterocycles. The first-order chi connectivity index (χ1) is 10.1. The first-order valence-corrected chi connectivity index (χ1v) is 9.63. The smallest absolute Gasteiger partial charge is 0.0221 e. The summed E-state index contributed by atoms with van der Waals surface area (Å²) in [6.45, 7) is 11.9. The molecule has 2 heteroatoms. The second kappa shape index (κ2) is 8.53. The summed E-state index contributed by atoms with van der Waals surface area (Å²) in [6.07, 6.45) is 11.3. The van der Waals surface area contributed by atoms with Crippen molar-refractivity contribution in [2.24, 2.45) is 11.8 Å². The summed E-state index contributed by atoms with van der Waals surface area (Å²) >= 11 is 0. The highest BCUT2D eigenvalue weighted by Gasteiger charge is 2.33. The Morgan fingerprint density at radius 1 is 1.10 bits per heavy atom. The van der Waals surface area contributed by atoms with E-state index in [0.29, 0.717) is 0 Å². The topological polar surface area (TPSA) is 15.3 Å². The minimum atomic E-state index is 0.723. The largest absolute Gasteiger partial charge is 0.311 e. The quantitative estimate of drug-likeness (QED) is 0.779. The van der Waals surface area contributed by atoms with Crippen molar-refractivity contribution in [3.8, 4) is 0 Å². The average Bonchev–Trinajstić information content (AvgIpc) is 2.48. The van der Waals surface area contributed by atoms with E-state index in [2.05, 4.69) is 37.9 Å². The van der Waals surface area contributed by atoms with Gasteiger partial charge in [-0.05, 0) is 50.4 Å². The lowest BCUT2D eigenvalue weighted by atomic mass is 9.82. The maximum atomic E-state index is 3.81. The van der Waals surface area contributed by atoms with Gasteiger partial charge in [0.2, 0.25) is 0 Å². The molecule has 2 atom stereocenters. The highest BCUT2D eigenvalue weighted by atomic mass is 15.3. The average molecular weight is 295 g/mol. The molecule has 124 valence electrons. The van der Waals surface area contributed by atoms with Gasteiger partial charge in [0.05, 0.1) is 0 Å². The lowest BCUT2D eigenvalue weighted by molar-refractivity contribution is 0.0462. The monoisotopic (exact) mass is 294 g/mol. The number of nitrogens with one attached hydrogen (secondary N) is 1. The Bertz CT molecular complexity index is 281. The fourth-order valence-electron chi connectivity index (χ4n) is 4.61. The Morgan fingerprint density at radius 2 is 1.81 bits per heavy atom. The van der Waals surface area contributed by atoms with Crippen molar-refractivity contribution in [1.82, 2.24) is 10.2 Å². The van der Waals surface area contributed by atoms with E-state index in [-0.39, 0.29) is 0 Å². The molecule has 21 heavy (non-hydrogen) atoms. The van der Waals surface area contributed by atoms with Crippen molar-refractivity contribution in [2.75, 3.05) is 13.1 Å². The van der Waals surface area contributed by atoms with Gasteiger partial charge in [0.1, 0.15) is 0 Å². The molecule has 0 spiro atoms. The van der Waals surface area contributed by atoms with E-state index in [1.807, 2.05) is 0 Å². The Hall–Kier alpha value is -0.0800. The van der Waals surface area contributed by atoms with Gasteiger partial charge >= 0.3 is 0 Å². The van der Waals surface area contributed by atoms with E-state index in [1.54, 1.807) is 0 Å². The van der Waals surface area contributed by atoms with E-state index < -0.39 is 0 Å². The summed E-state index contributed by atoms with van der Waals surface area (Å²) in [4.78, 5) is 2.89. The second-order valence-corrected chi connectivity index (χ2v) is 7.96. The molecule has 2 fully saturated rings. The summed E-state index contributed by atoms with van der Waals surface area (Å²) in [6, 6.07) is 2.38. The molecule has 0 aromatic carbocycles. The zero-order chi connectivity index (χ0) is 15.2. The lowest BCUT2D eigenvalue weighted by Gasteiger charge is -2.47. The van der Waals surface area contributed by atoms with Gasteiger partial charge in [0.25, 0.3) is 0 Å². The third kappa shape index (κ3) is 4.96. The fraction of sp³-hybridized carbons (Fsp3) is 1.00. The van der Waals surface area contributed by atoms with Crippen LogP contribution in [0.4, 0.5) is 0 Å². The molecule has 1 saturated carbocycles. The highest BCUT2D eigenvalue weighted by Crippen LogP contribution is 2.32. The van der Waals surface area contributed by atoms with Crippen molar-refractivity contribution in [2.45, 2.75) is 97.2 Å². The maximum Gasteiger partial charge on any atom is 0.0221 e. The molecule has 0 bridgehead atoms. The number of hydrogen-bond donors (Lipinski definition) is 1. The Labute approximate surface area is 133 Å². The van der Waals surface area contributed by atoms with Crippen LogP contribution in [0.5, 0.6) is 0 Å². The molecule has 1 aliphatic carbocycles. The van der Waals surface area contributed by atoms with Crippen molar-refractivity contribution in [3.63, 3.8) is 0 Å². The van der Waals surface area contributed by atoms with Crippen LogP contribution in [0.15, 0.2) is 0 Å². The lowest BCUT2D eigenvalue weighted by Crippen LogP contribution is -2.59. The summed E-state index contributed by atoms with van der Waals surface area (Å²) in [5, 5.41) is 3.81. The Kier molecular flexibility index (Phi) is 7.01. The first kappa shape index (κ1) is 17.3. The van der Waals surface area contributed by atoms with Crippen molar-refractivity contribution in [1.29, 1.82) is 0 Å². The van der Waals surface area contributed by atoms with Crippen molar-refractivity contribution >= 4 is 0 Å². The molecule has 1 heterocycles. The summed E-state index contributed by atoms with van der Waals surface area (Å²) < 4.78 is 0. The van der Waals surface area contributed by atoms with Crippen molar-refractivity contribution in [3.05, 3.63) is 0 Å². The molecule has 2 unspecified atom stereocenters. The van der Waals surface area contributed by atoms with Gasteiger partial charge in [0.15, 0.2) is 0 Å². The molecule has 1 N–H and O–H groups in total. The molecule has 1 aliphatic heterocycles.